The Hall–Kier alpha value is 0.152. The van der Waals surface area contributed by atoms with Crippen molar-refractivity contribution < 1.29 is 25.5 Å². The Morgan fingerprint density at radius 3 is 2.50 bits per heavy atom. The Morgan fingerprint density at radius 1 is 1.50 bits per heavy atom. The summed E-state index contributed by atoms with van der Waals surface area (Å²) in [6, 6.07) is 0.0345. The molecule has 0 spiro atoms. The zero-order valence-electron chi connectivity index (χ0n) is 9.83. The van der Waals surface area contributed by atoms with Crippen molar-refractivity contribution in [3.63, 3.8) is 0 Å². The molecular weight excluding hydrogens is 313 g/mol. The number of nitrogens with zero attached hydrogens (tertiary/aromatic N) is 1. The van der Waals surface area contributed by atoms with Crippen LogP contribution in [0.2, 0.25) is 0 Å². The molecule has 0 aliphatic carbocycles. The van der Waals surface area contributed by atoms with Crippen molar-refractivity contribution in [1.29, 1.82) is 0 Å². The first kappa shape index (κ1) is 18.5. The summed E-state index contributed by atoms with van der Waals surface area (Å²) < 4.78 is 0. The van der Waals surface area contributed by atoms with Gasteiger partial charge in [0, 0.05) is 37.2 Å². The summed E-state index contributed by atoms with van der Waals surface area (Å²) in [6.07, 6.45) is 5.85. The standard InChI is InChI=1S/C12H20NOS.Pd/c1-5-8-10(6-2)15-9-12(14)11(7-3)13-4;/h5-6,8,11-12,14H,1-2,7,9H2,3-4H3;/q-1;/b10-8+;. The molecule has 16 heavy (non-hydrogen) atoms. The van der Waals surface area contributed by atoms with Gasteiger partial charge in [0.15, 0.2) is 0 Å². The maximum absolute atomic E-state index is 9.82. The summed E-state index contributed by atoms with van der Waals surface area (Å²) in [5.74, 6) is 0.640. The van der Waals surface area contributed by atoms with Crippen LogP contribution in [0.5, 0.6) is 0 Å². The van der Waals surface area contributed by atoms with Crippen LogP contribution in [0.15, 0.2) is 36.3 Å². The van der Waals surface area contributed by atoms with Gasteiger partial charge in [-0.25, -0.2) is 0 Å². The molecule has 0 bridgehead atoms. The maximum atomic E-state index is 9.82. The minimum absolute atomic E-state index is 0. The van der Waals surface area contributed by atoms with E-state index in [0.717, 1.165) is 11.3 Å². The third kappa shape index (κ3) is 7.43. The van der Waals surface area contributed by atoms with Crippen molar-refractivity contribution in [2.45, 2.75) is 25.5 Å². The number of allylic oxidation sites excluding steroid dienone is 3. The van der Waals surface area contributed by atoms with Gasteiger partial charge in [0.05, 0.1) is 0 Å². The second-order valence-corrected chi connectivity index (χ2v) is 4.21. The largest absolute Gasteiger partial charge is 0.660 e. The molecule has 0 rings (SSSR count). The Bertz CT molecular complexity index is 227. The van der Waals surface area contributed by atoms with E-state index >= 15 is 0 Å². The normalized spacial score (nSPS) is 14.8. The number of rotatable bonds is 8. The van der Waals surface area contributed by atoms with Crippen LogP contribution in [-0.2, 0) is 20.4 Å². The number of hydrogen-bond donors (Lipinski definition) is 1. The molecule has 1 N–H and O–H groups in total. The third-order valence-corrected chi connectivity index (χ3v) is 3.24. The zero-order chi connectivity index (χ0) is 11.7. The Balaban J connectivity index is 0. The maximum Gasteiger partial charge on any atom is 0.0474 e. The summed E-state index contributed by atoms with van der Waals surface area (Å²) in [4.78, 5) is 1.02. The van der Waals surface area contributed by atoms with Gasteiger partial charge in [-0.05, 0) is 6.08 Å². The van der Waals surface area contributed by atoms with Gasteiger partial charge in [-0.3, -0.25) is 0 Å². The average Bonchev–Trinajstić information content (AvgIpc) is 2.25. The molecule has 0 aliphatic rings. The summed E-state index contributed by atoms with van der Waals surface area (Å²) in [5.41, 5.74) is 0. The SMILES string of the molecule is C=C/C=C(\C=C)SCC(O)C(CC)[N-]C.[Pd]. The van der Waals surface area contributed by atoms with E-state index in [2.05, 4.69) is 18.5 Å². The summed E-state index contributed by atoms with van der Waals surface area (Å²) >= 11 is 1.58. The molecule has 2 atom stereocenters. The number of thioether (sulfide) groups is 1. The van der Waals surface area contributed by atoms with Crippen molar-refractivity contribution in [1.82, 2.24) is 0 Å². The molecule has 2 unspecified atom stereocenters. The van der Waals surface area contributed by atoms with Gasteiger partial charge < -0.3 is 10.4 Å². The van der Waals surface area contributed by atoms with Gasteiger partial charge in [-0.2, -0.15) is 7.05 Å². The quantitative estimate of drug-likeness (QED) is 0.547. The van der Waals surface area contributed by atoms with Crippen LogP contribution in [0.25, 0.3) is 5.32 Å². The van der Waals surface area contributed by atoms with E-state index in [0.29, 0.717) is 5.75 Å². The van der Waals surface area contributed by atoms with Crippen LogP contribution in [-0.4, -0.2) is 30.1 Å². The summed E-state index contributed by atoms with van der Waals surface area (Å²) in [7, 11) is 1.75. The van der Waals surface area contributed by atoms with Gasteiger partial charge in [0.2, 0.25) is 0 Å². The Morgan fingerprint density at radius 2 is 2.12 bits per heavy atom. The molecule has 0 aromatic carbocycles. The van der Waals surface area contributed by atoms with E-state index in [1.54, 1.807) is 31.0 Å². The van der Waals surface area contributed by atoms with Gasteiger partial charge in [-0.1, -0.05) is 38.7 Å². The first-order chi connectivity index (χ1) is 7.19. The Labute approximate surface area is 117 Å². The number of aliphatic hydroxyl groups is 1. The predicted octanol–water partition coefficient (Wildman–Crippen LogP) is 3.12. The molecule has 0 fully saturated rings. The smallest absolute Gasteiger partial charge is 0.0474 e. The van der Waals surface area contributed by atoms with Crippen molar-refractivity contribution in [2.24, 2.45) is 0 Å². The molecule has 0 aromatic rings. The average molecular weight is 333 g/mol. The monoisotopic (exact) mass is 332 g/mol. The molecule has 0 amide bonds. The van der Waals surface area contributed by atoms with Crippen molar-refractivity contribution in [3.8, 4) is 0 Å². The van der Waals surface area contributed by atoms with E-state index in [-0.39, 0.29) is 26.5 Å². The van der Waals surface area contributed by atoms with Crippen LogP contribution < -0.4 is 0 Å². The van der Waals surface area contributed by atoms with Crippen LogP contribution in [0.4, 0.5) is 0 Å². The first-order valence-electron chi connectivity index (χ1n) is 5.04. The second-order valence-electron chi connectivity index (χ2n) is 3.12. The molecule has 2 nitrogen and oxygen atoms in total. The van der Waals surface area contributed by atoms with Crippen LogP contribution in [0.3, 0.4) is 0 Å². The van der Waals surface area contributed by atoms with E-state index in [1.165, 1.54) is 0 Å². The molecule has 0 radical (unpaired) electrons. The number of aliphatic hydroxyl groups excluding tert-OH is 1. The van der Waals surface area contributed by atoms with E-state index in [9.17, 15) is 5.11 Å². The fraction of sp³-hybridized carbons (Fsp3) is 0.500. The fourth-order valence-electron chi connectivity index (χ4n) is 1.21. The fourth-order valence-corrected chi connectivity index (χ4v) is 2.11. The molecule has 0 aromatic heterocycles. The number of likely N-dealkylation sites (N-methyl/N-ethyl adjacent to an activating group) is 1. The van der Waals surface area contributed by atoms with Crippen molar-refractivity contribution >= 4 is 11.8 Å². The van der Waals surface area contributed by atoms with Gasteiger partial charge in [0.1, 0.15) is 0 Å². The molecule has 0 saturated heterocycles. The molecule has 0 aliphatic heterocycles. The number of hydrogen-bond acceptors (Lipinski definition) is 2. The van der Waals surface area contributed by atoms with E-state index in [4.69, 9.17) is 0 Å². The molecule has 0 saturated carbocycles. The minimum atomic E-state index is -0.391. The van der Waals surface area contributed by atoms with Gasteiger partial charge in [-0.15, -0.1) is 17.8 Å². The second kappa shape index (κ2) is 11.6. The van der Waals surface area contributed by atoms with Crippen LogP contribution in [0.1, 0.15) is 13.3 Å². The first-order valence-corrected chi connectivity index (χ1v) is 6.03. The van der Waals surface area contributed by atoms with Crippen molar-refractivity contribution in [3.05, 3.63) is 41.6 Å². The molecular formula is C12H20NOPdS-. The summed E-state index contributed by atoms with van der Waals surface area (Å²) in [5, 5.41) is 13.9. The predicted molar refractivity (Wildman–Crippen MR) is 70.3 cm³/mol. The van der Waals surface area contributed by atoms with E-state index < -0.39 is 6.10 Å². The van der Waals surface area contributed by atoms with Crippen LogP contribution >= 0.6 is 11.8 Å². The molecule has 4 heteroatoms. The van der Waals surface area contributed by atoms with Gasteiger partial charge >= 0.3 is 0 Å². The van der Waals surface area contributed by atoms with Gasteiger partial charge in [0.25, 0.3) is 0 Å². The summed E-state index contributed by atoms with van der Waals surface area (Å²) in [6.45, 7) is 9.35. The van der Waals surface area contributed by atoms with E-state index in [1.807, 2.05) is 13.0 Å². The Kier molecular flexibility index (Phi) is 13.5. The third-order valence-electron chi connectivity index (χ3n) is 2.10. The van der Waals surface area contributed by atoms with Crippen molar-refractivity contribution in [2.75, 3.05) is 12.8 Å². The molecule has 0 heterocycles. The zero-order valence-corrected chi connectivity index (χ0v) is 12.2. The minimum Gasteiger partial charge on any atom is -0.660 e. The van der Waals surface area contributed by atoms with Crippen LogP contribution in [0, 0.1) is 0 Å². The topological polar surface area (TPSA) is 34.3 Å². The molecule has 96 valence electrons.